The highest BCUT2D eigenvalue weighted by molar-refractivity contribution is 5.82. The molecular weight excluding hydrogens is 220 g/mol. The van der Waals surface area contributed by atoms with Gasteiger partial charge in [0.1, 0.15) is 0 Å². The van der Waals surface area contributed by atoms with Gasteiger partial charge in [0, 0.05) is 0 Å². The van der Waals surface area contributed by atoms with E-state index in [1.807, 2.05) is 0 Å². The van der Waals surface area contributed by atoms with Crippen LogP contribution in [-0.4, -0.2) is 27.1 Å². The number of aldehydes is 1. The average Bonchev–Trinajstić information content (AvgIpc) is 2.38. The van der Waals surface area contributed by atoms with Crippen molar-refractivity contribution >= 4 is 6.29 Å². The Morgan fingerprint density at radius 3 is 2.41 bits per heavy atom. The summed E-state index contributed by atoms with van der Waals surface area (Å²) in [5.41, 5.74) is 0.451. The van der Waals surface area contributed by atoms with Gasteiger partial charge in [0.15, 0.2) is 17.8 Å². The summed E-state index contributed by atoms with van der Waals surface area (Å²) in [6.07, 6.45) is 2.77. The van der Waals surface area contributed by atoms with Gasteiger partial charge in [0.05, 0.1) is 26.4 Å². The average molecular weight is 238 g/mol. The molecule has 1 aromatic carbocycles. The summed E-state index contributed by atoms with van der Waals surface area (Å²) in [7, 11) is 3.03. The van der Waals surface area contributed by atoms with Gasteiger partial charge in [0.2, 0.25) is 5.75 Å². The molecule has 94 valence electrons. The Hall–Kier alpha value is -1.71. The maximum absolute atomic E-state index is 10.8. The number of rotatable bonds is 7. The van der Waals surface area contributed by atoms with E-state index in [1.165, 1.54) is 14.2 Å². The van der Waals surface area contributed by atoms with Crippen LogP contribution in [-0.2, 0) is 0 Å². The molecule has 0 spiro atoms. The Bertz CT molecular complexity index is 374. The second-order valence-electron chi connectivity index (χ2n) is 3.54. The zero-order valence-electron chi connectivity index (χ0n) is 10.5. The zero-order chi connectivity index (χ0) is 12.7. The quantitative estimate of drug-likeness (QED) is 0.541. The summed E-state index contributed by atoms with van der Waals surface area (Å²) >= 11 is 0. The molecule has 0 amide bonds. The predicted molar refractivity (Wildman–Crippen MR) is 65.3 cm³/mol. The van der Waals surface area contributed by atoms with Gasteiger partial charge in [-0.25, -0.2) is 0 Å². The number of benzene rings is 1. The van der Waals surface area contributed by atoms with E-state index in [1.54, 1.807) is 12.1 Å². The highest BCUT2D eigenvalue weighted by Gasteiger charge is 2.15. The molecule has 0 N–H and O–H groups in total. The fourth-order valence-corrected chi connectivity index (χ4v) is 1.50. The molecule has 4 heteroatoms. The lowest BCUT2D eigenvalue weighted by atomic mass is 10.2. The van der Waals surface area contributed by atoms with E-state index in [4.69, 9.17) is 14.2 Å². The second-order valence-corrected chi connectivity index (χ2v) is 3.54. The summed E-state index contributed by atoms with van der Waals surface area (Å²) in [5.74, 6) is 1.48. The van der Waals surface area contributed by atoms with Crippen molar-refractivity contribution in [3.63, 3.8) is 0 Å². The Balaban J connectivity index is 3.01. The first-order valence-electron chi connectivity index (χ1n) is 5.61. The molecule has 0 saturated carbocycles. The number of ether oxygens (including phenoxy) is 3. The first kappa shape index (κ1) is 13.4. The summed E-state index contributed by atoms with van der Waals surface area (Å²) in [6, 6.07) is 3.39. The Labute approximate surface area is 101 Å². The number of hydrogen-bond donors (Lipinski definition) is 0. The van der Waals surface area contributed by atoms with Crippen LogP contribution in [0.5, 0.6) is 17.2 Å². The van der Waals surface area contributed by atoms with E-state index in [9.17, 15) is 4.79 Å². The SMILES string of the molecule is CCCCOc1ccc(C=O)c(OC)c1OC. The molecule has 0 heterocycles. The Kier molecular flexibility index (Phi) is 5.33. The van der Waals surface area contributed by atoms with Crippen molar-refractivity contribution in [2.75, 3.05) is 20.8 Å². The first-order valence-corrected chi connectivity index (χ1v) is 5.61. The van der Waals surface area contributed by atoms with Crippen LogP contribution < -0.4 is 14.2 Å². The van der Waals surface area contributed by atoms with Crippen molar-refractivity contribution in [2.24, 2.45) is 0 Å². The zero-order valence-corrected chi connectivity index (χ0v) is 10.5. The monoisotopic (exact) mass is 238 g/mol. The summed E-state index contributed by atoms with van der Waals surface area (Å²) in [5, 5.41) is 0. The third kappa shape index (κ3) is 3.12. The van der Waals surface area contributed by atoms with E-state index in [2.05, 4.69) is 6.92 Å². The molecular formula is C13H18O4. The van der Waals surface area contributed by atoms with E-state index in [-0.39, 0.29) is 0 Å². The standard InChI is InChI=1S/C13H18O4/c1-4-5-8-17-11-7-6-10(9-14)12(15-2)13(11)16-3/h6-7,9H,4-5,8H2,1-3H3. The molecule has 0 aliphatic carbocycles. The lowest BCUT2D eigenvalue weighted by molar-refractivity contribution is 0.112. The van der Waals surface area contributed by atoms with Crippen molar-refractivity contribution in [1.29, 1.82) is 0 Å². The molecule has 0 aliphatic rings. The van der Waals surface area contributed by atoms with Gasteiger partial charge < -0.3 is 14.2 Å². The van der Waals surface area contributed by atoms with Gasteiger partial charge in [-0.1, -0.05) is 13.3 Å². The third-order valence-corrected chi connectivity index (χ3v) is 2.40. The fraction of sp³-hybridized carbons (Fsp3) is 0.462. The van der Waals surface area contributed by atoms with Gasteiger partial charge in [0.25, 0.3) is 0 Å². The predicted octanol–water partition coefficient (Wildman–Crippen LogP) is 2.70. The summed E-state index contributed by atoms with van der Waals surface area (Å²) < 4.78 is 16.0. The van der Waals surface area contributed by atoms with Crippen LogP contribution in [0.25, 0.3) is 0 Å². The van der Waals surface area contributed by atoms with Gasteiger partial charge in [-0.2, -0.15) is 0 Å². The van der Waals surface area contributed by atoms with Crippen molar-refractivity contribution in [3.05, 3.63) is 17.7 Å². The van der Waals surface area contributed by atoms with Crippen molar-refractivity contribution < 1.29 is 19.0 Å². The summed E-state index contributed by atoms with van der Waals surface area (Å²) in [6.45, 7) is 2.72. The topological polar surface area (TPSA) is 44.8 Å². The van der Waals surface area contributed by atoms with Crippen LogP contribution in [0.2, 0.25) is 0 Å². The maximum atomic E-state index is 10.8. The molecule has 17 heavy (non-hydrogen) atoms. The van der Waals surface area contributed by atoms with Crippen LogP contribution >= 0.6 is 0 Å². The normalized spacial score (nSPS) is 9.82. The summed E-state index contributed by atoms with van der Waals surface area (Å²) in [4.78, 5) is 10.8. The fourth-order valence-electron chi connectivity index (χ4n) is 1.50. The highest BCUT2D eigenvalue weighted by Crippen LogP contribution is 2.39. The molecule has 1 rings (SSSR count). The number of unbranched alkanes of at least 4 members (excludes halogenated alkanes) is 1. The number of carbonyl (C=O) groups excluding carboxylic acids is 1. The molecule has 0 fully saturated rings. The van der Waals surface area contributed by atoms with E-state index in [0.717, 1.165) is 19.1 Å². The van der Waals surface area contributed by atoms with E-state index >= 15 is 0 Å². The minimum absolute atomic E-state index is 0.413. The maximum Gasteiger partial charge on any atom is 0.204 e. The molecule has 0 saturated heterocycles. The molecule has 0 radical (unpaired) electrons. The number of methoxy groups -OCH3 is 2. The van der Waals surface area contributed by atoms with E-state index < -0.39 is 0 Å². The second kappa shape index (κ2) is 6.78. The van der Waals surface area contributed by atoms with Gasteiger partial charge in [-0.05, 0) is 18.6 Å². The molecule has 4 nitrogen and oxygen atoms in total. The van der Waals surface area contributed by atoms with Crippen LogP contribution in [0.4, 0.5) is 0 Å². The van der Waals surface area contributed by atoms with Crippen LogP contribution in [0.15, 0.2) is 12.1 Å². The smallest absolute Gasteiger partial charge is 0.204 e. The van der Waals surface area contributed by atoms with Crippen LogP contribution in [0, 0.1) is 0 Å². The largest absolute Gasteiger partial charge is 0.492 e. The molecule has 0 unspecified atom stereocenters. The minimum Gasteiger partial charge on any atom is -0.492 e. The lowest BCUT2D eigenvalue weighted by Gasteiger charge is -2.14. The van der Waals surface area contributed by atoms with Crippen LogP contribution in [0.1, 0.15) is 30.1 Å². The minimum atomic E-state index is 0.413. The van der Waals surface area contributed by atoms with Crippen molar-refractivity contribution in [1.82, 2.24) is 0 Å². The first-order chi connectivity index (χ1) is 8.28. The van der Waals surface area contributed by atoms with Crippen LogP contribution in [0.3, 0.4) is 0 Å². The molecule has 0 atom stereocenters. The van der Waals surface area contributed by atoms with Gasteiger partial charge >= 0.3 is 0 Å². The van der Waals surface area contributed by atoms with Gasteiger partial charge in [-0.15, -0.1) is 0 Å². The van der Waals surface area contributed by atoms with E-state index in [0.29, 0.717) is 29.4 Å². The van der Waals surface area contributed by atoms with Crippen molar-refractivity contribution in [2.45, 2.75) is 19.8 Å². The number of carbonyl (C=O) groups is 1. The molecule has 1 aromatic rings. The van der Waals surface area contributed by atoms with Crippen molar-refractivity contribution in [3.8, 4) is 17.2 Å². The molecule has 0 aliphatic heterocycles. The highest BCUT2D eigenvalue weighted by atomic mass is 16.5. The van der Waals surface area contributed by atoms with Gasteiger partial charge in [-0.3, -0.25) is 4.79 Å². The molecule has 0 bridgehead atoms. The lowest BCUT2D eigenvalue weighted by Crippen LogP contribution is -2.02. The Morgan fingerprint density at radius 2 is 1.88 bits per heavy atom. The molecule has 0 aromatic heterocycles. The third-order valence-electron chi connectivity index (χ3n) is 2.40. The Morgan fingerprint density at radius 1 is 1.18 bits per heavy atom. The number of hydrogen-bond acceptors (Lipinski definition) is 4.